The SMILES string of the molecule is O=C1c2cc(Cl)cc(Cl)c2CC1Sc1nc2ccccc2[nH]1. The average molecular weight is 349 g/mol. The Bertz CT molecular complexity index is 873. The van der Waals surface area contributed by atoms with Crippen LogP contribution in [0.2, 0.25) is 10.0 Å². The molecule has 22 heavy (non-hydrogen) atoms. The number of carbonyl (C=O) groups is 1. The van der Waals surface area contributed by atoms with Crippen molar-refractivity contribution < 1.29 is 4.79 Å². The quantitative estimate of drug-likeness (QED) is 0.725. The molecule has 3 aromatic rings. The summed E-state index contributed by atoms with van der Waals surface area (Å²) in [6, 6.07) is 11.2. The van der Waals surface area contributed by atoms with Crippen molar-refractivity contribution in [3.05, 3.63) is 57.6 Å². The molecular formula is C16H10Cl2N2OS. The Morgan fingerprint density at radius 1 is 1.23 bits per heavy atom. The number of nitrogens with one attached hydrogen (secondary N) is 1. The van der Waals surface area contributed by atoms with Crippen LogP contribution in [0.5, 0.6) is 0 Å². The van der Waals surface area contributed by atoms with Gasteiger partial charge in [-0.3, -0.25) is 4.79 Å². The molecule has 110 valence electrons. The van der Waals surface area contributed by atoms with E-state index >= 15 is 0 Å². The Morgan fingerprint density at radius 2 is 2.05 bits per heavy atom. The first-order valence-corrected chi connectivity index (χ1v) is 8.39. The Morgan fingerprint density at radius 3 is 2.86 bits per heavy atom. The molecule has 1 heterocycles. The third kappa shape index (κ3) is 2.32. The standard InChI is InChI=1S/C16H10Cl2N2OS/c17-8-5-10-9(11(18)6-8)7-14(15(10)21)22-16-19-12-3-1-2-4-13(12)20-16/h1-6,14H,7H2,(H,19,20). The minimum Gasteiger partial charge on any atom is -0.333 e. The van der Waals surface area contributed by atoms with E-state index in [2.05, 4.69) is 9.97 Å². The van der Waals surface area contributed by atoms with E-state index < -0.39 is 0 Å². The summed E-state index contributed by atoms with van der Waals surface area (Å²) in [6.07, 6.45) is 0.603. The average Bonchev–Trinajstić information content (AvgIpc) is 3.02. The summed E-state index contributed by atoms with van der Waals surface area (Å²) in [5, 5.41) is 1.58. The number of hydrogen-bond donors (Lipinski definition) is 1. The zero-order valence-electron chi connectivity index (χ0n) is 11.3. The summed E-state index contributed by atoms with van der Waals surface area (Å²) in [5.41, 5.74) is 3.37. The molecule has 2 aromatic carbocycles. The molecule has 0 bridgehead atoms. The number of thioether (sulfide) groups is 1. The van der Waals surface area contributed by atoms with Crippen LogP contribution in [-0.4, -0.2) is 21.0 Å². The van der Waals surface area contributed by atoms with E-state index in [4.69, 9.17) is 23.2 Å². The molecule has 1 aliphatic rings. The summed E-state index contributed by atoms with van der Waals surface area (Å²) in [7, 11) is 0. The number of para-hydroxylation sites is 2. The van der Waals surface area contributed by atoms with Crippen LogP contribution < -0.4 is 0 Å². The maximum Gasteiger partial charge on any atom is 0.176 e. The molecule has 1 aliphatic carbocycles. The van der Waals surface area contributed by atoms with E-state index in [9.17, 15) is 4.79 Å². The van der Waals surface area contributed by atoms with Crippen LogP contribution in [-0.2, 0) is 6.42 Å². The summed E-state index contributed by atoms with van der Waals surface area (Å²) < 4.78 is 0. The first kappa shape index (κ1) is 14.1. The highest BCUT2D eigenvalue weighted by molar-refractivity contribution is 8.00. The van der Waals surface area contributed by atoms with Crippen molar-refractivity contribution in [3.8, 4) is 0 Å². The molecule has 1 atom stereocenters. The molecule has 1 unspecified atom stereocenters. The van der Waals surface area contributed by atoms with Crippen LogP contribution in [0.4, 0.5) is 0 Å². The second-order valence-electron chi connectivity index (χ2n) is 5.15. The van der Waals surface area contributed by atoms with Crippen LogP contribution in [0.3, 0.4) is 0 Å². The third-order valence-electron chi connectivity index (χ3n) is 3.73. The maximum absolute atomic E-state index is 12.5. The zero-order chi connectivity index (χ0) is 15.3. The fraction of sp³-hybridized carbons (Fsp3) is 0.125. The van der Waals surface area contributed by atoms with E-state index in [-0.39, 0.29) is 11.0 Å². The minimum absolute atomic E-state index is 0.0601. The lowest BCUT2D eigenvalue weighted by molar-refractivity contribution is 0.1000. The fourth-order valence-electron chi connectivity index (χ4n) is 2.70. The van der Waals surface area contributed by atoms with Gasteiger partial charge in [0.1, 0.15) is 0 Å². The van der Waals surface area contributed by atoms with Gasteiger partial charge >= 0.3 is 0 Å². The molecule has 0 radical (unpaired) electrons. The lowest BCUT2D eigenvalue weighted by Gasteiger charge is -2.04. The number of ketones is 1. The molecule has 1 aromatic heterocycles. The summed E-state index contributed by atoms with van der Waals surface area (Å²) in [5.74, 6) is 0.0601. The fourth-order valence-corrected chi connectivity index (χ4v) is 4.34. The molecule has 3 nitrogen and oxygen atoms in total. The van der Waals surface area contributed by atoms with Crippen LogP contribution in [0.15, 0.2) is 41.6 Å². The highest BCUT2D eigenvalue weighted by Gasteiger charge is 2.33. The van der Waals surface area contributed by atoms with Crippen LogP contribution in [0, 0.1) is 0 Å². The van der Waals surface area contributed by atoms with Crippen molar-refractivity contribution in [3.63, 3.8) is 0 Å². The van der Waals surface area contributed by atoms with Gasteiger partial charge in [-0.1, -0.05) is 47.1 Å². The third-order valence-corrected chi connectivity index (χ3v) is 5.37. The molecule has 0 amide bonds. The predicted molar refractivity (Wildman–Crippen MR) is 90.2 cm³/mol. The van der Waals surface area contributed by atoms with Gasteiger partial charge in [-0.2, -0.15) is 0 Å². The van der Waals surface area contributed by atoms with Crippen molar-refractivity contribution >= 4 is 51.8 Å². The molecular weight excluding hydrogens is 339 g/mol. The molecule has 0 aliphatic heterocycles. The number of fused-ring (bicyclic) bond motifs is 2. The lowest BCUT2D eigenvalue weighted by Crippen LogP contribution is -2.11. The van der Waals surface area contributed by atoms with Crippen molar-refractivity contribution in [1.82, 2.24) is 9.97 Å². The second kappa shape index (κ2) is 5.30. The molecule has 6 heteroatoms. The van der Waals surface area contributed by atoms with Gasteiger partial charge in [0, 0.05) is 15.6 Å². The smallest absolute Gasteiger partial charge is 0.176 e. The minimum atomic E-state index is -0.216. The molecule has 0 saturated carbocycles. The van der Waals surface area contributed by atoms with E-state index in [0.29, 0.717) is 22.0 Å². The van der Waals surface area contributed by atoms with Gasteiger partial charge in [0.15, 0.2) is 10.9 Å². The Labute approximate surface area is 141 Å². The number of aromatic nitrogens is 2. The molecule has 4 rings (SSSR count). The van der Waals surface area contributed by atoms with Crippen LogP contribution >= 0.6 is 35.0 Å². The van der Waals surface area contributed by atoms with Gasteiger partial charge in [-0.05, 0) is 36.2 Å². The number of carbonyl (C=O) groups excluding carboxylic acids is 1. The second-order valence-corrected chi connectivity index (χ2v) is 7.18. The van der Waals surface area contributed by atoms with Gasteiger partial charge in [-0.15, -0.1) is 0 Å². The predicted octanol–water partition coefficient (Wildman–Crippen LogP) is 4.77. The lowest BCUT2D eigenvalue weighted by atomic mass is 10.1. The van der Waals surface area contributed by atoms with E-state index in [1.54, 1.807) is 12.1 Å². The Hall–Kier alpha value is -1.49. The number of Topliss-reactive ketones (excluding diaryl/α,β-unsaturated/α-hetero) is 1. The van der Waals surface area contributed by atoms with Crippen molar-refractivity contribution in [1.29, 1.82) is 0 Å². The van der Waals surface area contributed by atoms with E-state index in [1.807, 2.05) is 24.3 Å². The molecule has 0 saturated heterocycles. The molecule has 1 N–H and O–H groups in total. The van der Waals surface area contributed by atoms with Crippen molar-refractivity contribution in [2.45, 2.75) is 16.8 Å². The van der Waals surface area contributed by atoms with Crippen LogP contribution in [0.1, 0.15) is 15.9 Å². The van der Waals surface area contributed by atoms with Gasteiger partial charge < -0.3 is 4.98 Å². The summed E-state index contributed by atoms with van der Waals surface area (Å²) in [4.78, 5) is 20.3. The number of hydrogen-bond acceptors (Lipinski definition) is 3. The highest BCUT2D eigenvalue weighted by Crippen LogP contribution is 2.38. The molecule has 0 spiro atoms. The van der Waals surface area contributed by atoms with Crippen LogP contribution in [0.25, 0.3) is 11.0 Å². The number of H-pyrrole nitrogens is 1. The van der Waals surface area contributed by atoms with Gasteiger partial charge in [0.05, 0.1) is 16.3 Å². The number of benzene rings is 2. The van der Waals surface area contributed by atoms with Crippen molar-refractivity contribution in [2.75, 3.05) is 0 Å². The number of aromatic amines is 1. The number of rotatable bonds is 2. The summed E-state index contributed by atoms with van der Waals surface area (Å²) in [6.45, 7) is 0. The summed E-state index contributed by atoms with van der Waals surface area (Å²) >= 11 is 13.6. The molecule has 0 fully saturated rings. The number of halogens is 2. The largest absolute Gasteiger partial charge is 0.333 e. The highest BCUT2D eigenvalue weighted by atomic mass is 35.5. The first-order valence-electron chi connectivity index (χ1n) is 6.75. The van der Waals surface area contributed by atoms with Crippen molar-refractivity contribution in [2.24, 2.45) is 0 Å². The monoisotopic (exact) mass is 348 g/mol. The van der Waals surface area contributed by atoms with Gasteiger partial charge in [-0.25, -0.2) is 4.98 Å². The van der Waals surface area contributed by atoms with E-state index in [0.717, 1.165) is 21.8 Å². The zero-order valence-corrected chi connectivity index (χ0v) is 13.6. The maximum atomic E-state index is 12.5. The number of nitrogens with zero attached hydrogens (tertiary/aromatic N) is 1. The Kier molecular flexibility index (Phi) is 3.40. The topological polar surface area (TPSA) is 45.8 Å². The van der Waals surface area contributed by atoms with E-state index in [1.165, 1.54) is 11.8 Å². The normalized spacial score (nSPS) is 17.2. The first-order chi connectivity index (χ1) is 10.6. The van der Waals surface area contributed by atoms with Gasteiger partial charge in [0.25, 0.3) is 0 Å². The Balaban J connectivity index is 1.65. The number of imidazole rings is 1. The van der Waals surface area contributed by atoms with Gasteiger partial charge in [0.2, 0.25) is 0 Å².